The highest BCUT2D eigenvalue weighted by molar-refractivity contribution is 7.89. The van der Waals surface area contributed by atoms with Crippen LogP contribution in [0, 0.1) is 13.8 Å². The Kier molecular flexibility index (Phi) is 6.98. The van der Waals surface area contributed by atoms with Crippen LogP contribution in [0.25, 0.3) is 0 Å². The van der Waals surface area contributed by atoms with E-state index in [-0.39, 0.29) is 23.9 Å². The number of carbonyl (C=O) groups is 1. The molecule has 0 heterocycles. The molecule has 0 atom stereocenters. The van der Waals surface area contributed by atoms with Crippen molar-refractivity contribution in [1.29, 1.82) is 0 Å². The van der Waals surface area contributed by atoms with E-state index in [9.17, 15) is 13.2 Å². The molecule has 0 bridgehead atoms. The highest BCUT2D eigenvalue weighted by Crippen LogP contribution is 2.16. The number of aryl methyl sites for hydroxylation is 2. The maximum absolute atomic E-state index is 12.5. The third kappa shape index (κ3) is 5.80. The van der Waals surface area contributed by atoms with Gasteiger partial charge in [0.1, 0.15) is 5.75 Å². The van der Waals surface area contributed by atoms with Crippen LogP contribution < -0.4 is 9.46 Å². The zero-order chi connectivity index (χ0) is 20.0. The van der Waals surface area contributed by atoms with Crippen molar-refractivity contribution in [3.63, 3.8) is 0 Å². The Labute approximate surface area is 161 Å². The van der Waals surface area contributed by atoms with Crippen molar-refractivity contribution in [2.75, 3.05) is 20.2 Å². The Hall–Kier alpha value is -2.38. The van der Waals surface area contributed by atoms with Crippen LogP contribution in [0.5, 0.6) is 5.75 Å². The van der Waals surface area contributed by atoms with E-state index in [4.69, 9.17) is 4.74 Å². The molecule has 0 fully saturated rings. The van der Waals surface area contributed by atoms with E-state index < -0.39 is 10.0 Å². The van der Waals surface area contributed by atoms with Crippen molar-refractivity contribution >= 4 is 15.9 Å². The minimum Gasteiger partial charge on any atom is -0.497 e. The summed E-state index contributed by atoms with van der Waals surface area (Å²) < 4.78 is 32.7. The van der Waals surface area contributed by atoms with Gasteiger partial charge < -0.3 is 9.64 Å². The van der Waals surface area contributed by atoms with Crippen molar-refractivity contribution in [1.82, 2.24) is 9.62 Å². The van der Waals surface area contributed by atoms with Gasteiger partial charge >= 0.3 is 0 Å². The molecular formula is C20H26N2O4S. The highest BCUT2D eigenvalue weighted by Gasteiger charge is 2.17. The molecule has 0 aromatic heterocycles. The fourth-order valence-electron chi connectivity index (χ4n) is 2.79. The molecule has 0 aliphatic heterocycles. The lowest BCUT2D eigenvalue weighted by atomic mass is 10.2. The number of sulfonamides is 1. The predicted octanol–water partition coefficient (Wildman–Crippen LogP) is 2.64. The van der Waals surface area contributed by atoms with E-state index >= 15 is 0 Å². The van der Waals surface area contributed by atoms with Gasteiger partial charge in [0.25, 0.3) is 0 Å². The summed E-state index contributed by atoms with van der Waals surface area (Å²) in [5, 5.41) is 0. The van der Waals surface area contributed by atoms with Crippen LogP contribution >= 0.6 is 0 Å². The fourth-order valence-corrected chi connectivity index (χ4v) is 4.04. The molecule has 27 heavy (non-hydrogen) atoms. The zero-order valence-electron chi connectivity index (χ0n) is 16.2. The molecule has 0 radical (unpaired) electrons. The van der Waals surface area contributed by atoms with Gasteiger partial charge in [0.15, 0.2) is 0 Å². The number of amides is 1. The molecule has 1 N–H and O–H groups in total. The first kappa shape index (κ1) is 20.9. The Bertz CT molecular complexity index is 893. The predicted molar refractivity (Wildman–Crippen MR) is 105 cm³/mol. The van der Waals surface area contributed by atoms with Crippen LogP contribution in [0.15, 0.2) is 47.4 Å². The molecule has 0 saturated carbocycles. The molecule has 146 valence electrons. The van der Waals surface area contributed by atoms with Crippen molar-refractivity contribution in [3.8, 4) is 5.75 Å². The van der Waals surface area contributed by atoms with Gasteiger partial charge in [-0.2, -0.15) is 0 Å². The molecule has 2 aromatic carbocycles. The van der Waals surface area contributed by atoms with Gasteiger partial charge in [0, 0.05) is 26.6 Å². The number of methoxy groups -OCH3 is 1. The lowest BCUT2D eigenvalue weighted by molar-refractivity contribution is -0.129. The molecule has 0 saturated heterocycles. The second kappa shape index (κ2) is 9.01. The fraction of sp³-hybridized carbons (Fsp3) is 0.350. The summed E-state index contributed by atoms with van der Waals surface area (Å²) in [6.45, 7) is 6.00. The molecule has 2 rings (SSSR count). The standard InChI is InChI=1S/C20H26N2O4S/c1-15-5-10-20(16(2)13-15)27(24,25)21-11-12-22(17(3)23)14-18-6-8-19(26-4)9-7-18/h5-10,13,21H,11-12,14H2,1-4H3. The topological polar surface area (TPSA) is 75.7 Å². The number of nitrogens with one attached hydrogen (secondary N) is 1. The van der Waals surface area contributed by atoms with Gasteiger partial charge in [-0.15, -0.1) is 0 Å². The first-order valence-corrected chi connectivity index (χ1v) is 10.2. The maximum Gasteiger partial charge on any atom is 0.240 e. The van der Waals surface area contributed by atoms with Crippen LogP contribution in [0.4, 0.5) is 0 Å². The quantitative estimate of drug-likeness (QED) is 0.752. The minimum absolute atomic E-state index is 0.114. The molecule has 0 aliphatic rings. The van der Waals surface area contributed by atoms with Crippen molar-refractivity contribution < 1.29 is 17.9 Å². The summed E-state index contributed by atoms with van der Waals surface area (Å²) in [5.74, 6) is 0.630. The summed E-state index contributed by atoms with van der Waals surface area (Å²) in [6.07, 6.45) is 0. The average molecular weight is 391 g/mol. The Balaban J connectivity index is 1.99. The van der Waals surface area contributed by atoms with Crippen LogP contribution in [-0.4, -0.2) is 39.4 Å². The molecule has 0 aliphatic carbocycles. The third-order valence-electron chi connectivity index (χ3n) is 4.27. The number of ether oxygens (including phenoxy) is 1. The van der Waals surface area contributed by atoms with Crippen molar-refractivity contribution in [2.24, 2.45) is 0 Å². The number of nitrogens with zero attached hydrogens (tertiary/aromatic N) is 1. The van der Waals surface area contributed by atoms with Crippen LogP contribution in [0.3, 0.4) is 0 Å². The van der Waals surface area contributed by atoms with E-state index in [0.717, 1.165) is 16.9 Å². The summed E-state index contributed by atoms with van der Waals surface area (Å²) in [5.41, 5.74) is 2.65. The largest absolute Gasteiger partial charge is 0.497 e. The van der Waals surface area contributed by atoms with Gasteiger partial charge in [-0.1, -0.05) is 29.8 Å². The normalized spacial score (nSPS) is 11.3. The minimum atomic E-state index is -3.62. The number of benzene rings is 2. The molecular weight excluding hydrogens is 364 g/mol. The van der Waals surface area contributed by atoms with E-state index in [2.05, 4.69) is 4.72 Å². The van der Waals surface area contributed by atoms with Crippen molar-refractivity contribution in [3.05, 3.63) is 59.2 Å². The molecule has 7 heteroatoms. The zero-order valence-corrected chi connectivity index (χ0v) is 17.0. The van der Waals surface area contributed by atoms with Gasteiger partial charge in [0.2, 0.25) is 15.9 Å². The van der Waals surface area contributed by atoms with Gasteiger partial charge in [-0.3, -0.25) is 4.79 Å². The van der Waals surface area contributed by atoms with Crippen LogP contribution in [0.2, 0.25) is 0 Å². The van der Waals surface area contributed by atoms with E-state index in [1.807, 2.05) is 37.3 Å². The van der Waals surface area contributed by atoms with Crippen LogP contribution in [-0.2, 0) is 21.4 Å². The third-order valence-corrected chi connectivity index (χ3v) is 5.89. The first-order chi connectivity index (χ1) is 12.7. The molecule has 0 spiro atoms. The van der Waals surface area contributed by atoms with E-state index in [1.54, 1.807) is 31.1 Å². The lowest BCUT2D eigenvalue weighted by Crippen LogP contribution is -2.37. The number of rotatable bonds is 8. The first-order valence-electron chi connectivity index (χ1n) is 8.68. The number of carbonyl (C=O) groups excluding carboxylic acids is 1. The monoisotopic (exact) mass is 390 g/mol. The molecule has 2 aromatic rings. The summed E-state index contributed by atoms with van der Waals surface area (Å²) >= 11 is 0. The second-order valence-electron chi connectivity index (χ2n) is 6.46. The summed E-state index contributed by atoms with van der Waals surface area (Å²) in [4.78, 5) is 13.8. The molecule has 6 nitrogen and oxygen atoms in total. The smallest absolute Gasteiger partial charge is 0.240 e. The Morgan fingerprint density at radius 3 is 2.33 bits per heavy atom. The van der Waals surface area contributed by atoms with Crippen molar-refractivity contribution in [2.45, 2.75) is 32.2 Å². The van der Waals surface area contributed by atoms with Gasteiger partial charge in [-0.05, 0) is 43.2 Å². The SMILES string of the molecule is COc1ccc(CN(CCNS(=O)(=O)c2ccc(C)cc2C)C(C)=O)cc1. The summed E-state index contributed by atoms with van der Waals surface area (Å²) in [7, 11) is -2.02. The second-order valence-corrected chi connectivity index (χ2v) is 8.19. The van der Waals surface area contributed by atoms with E-state index in [1.165, 1.54) is 6.92 Å². The summed E-state index contributed by atoms with van der Waals surface area (Å²) in [6, 6.07) is 12.6. The van der Waals surface area contributed by atoms with Gasteiger partial charge in [-0.25, -0.2) is 13.1 Å². The Morgan fingerprint density at radius 1 is 1.11 bits per heavy atom. The molecule has 0 unspecified atom stereocenters. The number of hydrogen-bond donors (Lipinski definition) is 1. The van der Waals surface area contributed by atoms with E-state index in [0.29, 0.717) is 12.1 Å². The number of hydrogen-bond acceptors (Lipinski definition) is 4. The Morgan fingerprint density at radius 2 is 1.78 bits per heavy atom. The molecule has 1 amide bonds. The maximum atomic E-state index is 12.5. The highest BCUT2D eigenvalue weighted by atomic mass is 32.2. The van der Waals surface area contributed by atoms with Gasteiger partial charge in [0.05, 0.1) is 12.0 Å². The average Bonchev–Trinajstić information content (AvgIpc) is 2.60. The lowest BCUT2D eigenvalue weighted by Gasteiger charge is -2.21. The van der Waals surface area contributed by atoms with Crippen LogP contribution in [0.1, 0.15) is 23.6 Å².